The minimum absolute atomic E-state index is 0.0857. The molecule has 2 aliphatic heterocycles. The molecule has 0 unspecified atom stereocenters. The molecule has 2 atom stereocenters. The first kappa shape index (κ1) is 15.9. The van der Waals surface area contributed by atoms with Gasteiger partial charge in [-0.25, -0.2) is 0 Å². The van der Waals surface area contributed by atoms with Crippen LogP contribution in [0.25, 0.3) is 0 Å². The molecule has 6 heteroatoms. The number of ether oxygens (including phenoxy) is 1. The van der Waals surface area contributed by atoms with Crippen molar-refractivity contribution in [1.82, 2.24) is 14.8 Å². The van der Waals surface area contributed by atoms with E-state index in [0.717, 1.165) is 13.0 Å². The summed E-state index contributed by atoms with van der Waals surface area (Å²) in [5.41, 5.74) is 0.0106. The molecule has 2 saturated heterocycles. The second-order valence-corrected chi connectivity index (χ2v) is 6.49. The predicted molar refractivity (Wildman–Crippen MR) is 84.8 cm³/mol. The number of carbonyl (C=O) groups excluding carboxylic acids is 2. The zero-order valence-electron chi connectivity index (χ0n) is 13.7. The van der Waals surface area contributed by atoms with Gasteiger partial charge < -0.3 is 14.5 Å². The van der Waals surface area contributed by atoms with Crippen LogP contribution >= 0.6 is 0 Å². The lowest BCUT2D eigenvalue weighted by Gasteiger charge is -2.26. The van der Waals surface area contributed by atoms with E-state index in [9.17, 15) is 9.59 Å². The highest BCUT2D eigenvalue weighted by atomic mass is 16.5. The van der Waals surface area contributed by atoms with Crippen molar-refractivity contribution in [2.24, 2.45) is 11.3 Å². The highest BCUT2D eigenvalue weighted by Crippen LogP contribution is 2.44. The van der Waals surface area contributed by atoms with E-state index < -0.39 is 5.41 Å². The van der Waals surface area contributed by atoms with Crippen molar-refractivity contribution in [3.8, 4) is 0 Å². The van der Waals surface area contributed by atoms with Crippen molar-refractivity contribution in [3.63, 3.8) is 0 Å². The number of likely N-dealkylation sites (tertiary alicyclic amines) is 2. The first-order valence-corrected chi connectivity index (χ1v) is 8.07. The third-order valence-corrected chi connectivity index (χ3v) is 5.19. The van der Waals surface area contributed by atoms with Gasteiger partial charge >= 0.3 is 0 Å². The zero-order valence-corrected chi connectivity index (χ0v) is 13.7. The van der Waals surface area contributed by atoms with E-state index in [-0.39, 0.29) is 17.7 Å². The Hall–Kier alpha value is -1.95. The van der Waals surface area contributed by atoms with Gasteiger partial charge in [0.2, 0.25) is 5.91 Å². The Morgan fingerprint density at radius 1 is 1.48 bits per heavy atom. The van der Waals surface area contributed by atoms with Crippen LogP contribution in [-0.4, -0.2) is 66.5 Å². The van der Waals surface area contributed by atoms with Gasteiger partial charge in [-0.05, 0) is 24.5 Å². The molecular formula is C17H23N3O3. The average Bonchev–Trinajstić information content (AvgIpc) is 3.08. The monoisotopic (exact) mass is 317 g/mol. The fourth-order valence-corrected chi connectivity index (χ4v) is 3.75. The third kappa shape index (κ3) is 2.72. The van der Waals surface area contributed by atoms with Gasteiger partial charge in [-0.1, -0.05) is 13.0 Å². The van der Waals surface area contributed by atoms with Crippen LogP contribution in [0.1, 0.15) is 23.8 Å². The number of pyridine rings is 1. The maximum absolute atomic E-state index is 12.9. The number of rotatable bonds is 4. The molecule has 2 aliphatic rings. The molecule has 0 bridgehead atoms. The standard InChI is InChI=1S/C17H23N3O3/c1-13-11-20(15(21)14-5-3-4-7-18-14)12-17(13)6-8-19(16(17)22)9-10-23-2/h3-5,7,13H,6,8-12H2,1-2H3/t13-,17-/m1/s1. The van der Waals surface area contributed by atoms with Crippen molar-refractivity contribution in [2.75, 3.05) is 39.9 Å². The number of nitrogens with zero attached hydrogens (tertiary/aromatic N) is 3. The first-order chi connectivity index (χ1) is 11.1. The predicted octanol–water partition coefficient (Wildman–Crippen LogP) is 1.04. The van der Waals surface area contributed by atoms with Crippen LogP contribution in [0.4, 0.5) is 0 Å². The Labute approximate surface area is 136 Å². The number of carbonyl (C=O) groups is 2. The quantitative estimate of drug-likeness (QED) is 0.832. The molecule has 0 N–H and O–H groups in total. The van der Waals surface area contributed by atoms with Crippen molar-refractivity contribution in [3.05, 3.63) is 30.1 Å². The van der Waals surface area contributed by atoms with Gasteiger partial charge in [0.05, 0.1) is 12.0 Å². The van der Waals surface area contributed by atoms with E-state index in [1.165, 1.54) is 0 Å². The molecule has 3 heterocycles. The molecule has 23 heavy (non-hydrogen) atoms. The molecular weight excluding hydrogens is 294 g/mol. The number of hydrogen-bond acceptors (Lipinski definition) is 4. The zero-order chi connectivity index (χ0) is 16.4. The van der Waals surface area contributed by atoms with Crippen molar-refractivity contribution in [1.29, 1.82) is 0 Å². The maximum atomic E-state index is 12.9. The highest BCUT2D eigenvalue weighted by molar-refractivity contribution is 5.94. The number of methoxy groups -OCH3 is 1. The van der Waals surface area contributed by atoms with Crippen LogP contribution in [0, 0.1) is 11.3 Å². The van der Waals surface area contributed by atoms with E-state index in [2.05, 4.69) is 11.9 Å². The topological polar surface area (TPSA) is 62.7 Å². The Morgan fingerprint density at radius 3 is 3.00 bits per heavy atom. The molecule has 0 aromatic carbocycles. The fourth-order valence-electron chi connectivity index (χ4n) is 3.75. The number of aromatic nitrogens is 1. The molecule has 0 radical (unpaired) electrons. The molecule has 1 aromatic rings. The summed E-state index contributed by atoms with van der Waals surface area (Å²) in [5.74, 6) is 0.242. The van der Waals surface area contributed by atoms with Crippen molar-refractivity contribution < 1.29 is 14.3 Å². The fraction of sp³-hybridized carbons (Fsp3) is 0.588. The lowest BCUT2D eigenvalue weighted by molar-refractivity contribution is -0.137. The Morgan fingerprint density at radius 2 is 2.30 bits per heavy atom. The summed E-state index contributed by atoms with van der Waals surface area (Å²) in [4.78, 5) is 33.3. The largest absolute Gasteiger partial charge is 0.383 e. The third-order valence-electron chi connectivity index (χ3n) is 5.19. The van der Waals surface area contributed by atoms with Gasteiger partial charge in [-0.3, -0.25) is 14.6 Å². The minimum atomic E-state index is -0.432. The molecule has 0 saturated carbocycles. The highest BCUT2D eigenvalue weighted by Gasteiger charge is 2.55. The lowest BCUT2D eigenvalue weighted by atomic mass is 9.78. The van der Waals surface area contributed by atoms with E-state index in [0.29, 0.717) is 31.9 Å². The van der Waals surface area contributed by atoms with Crippen LogP contribution in [0.3, 0.4) is 0 Å². The maximum Gasteiger partial charge on any atom is 0.272 e. The minimum Gasteiger partial charge on any atom is -0.383 e. The molecule has 6 nitrogen and oxygen atoms in total. The SMILES string of the molecule is COCCN1CC[C@]2(CN(C(=O)c3ccccn3)C[C@H]2C)C1=O. The van der Waals surface area contributed by atoms with Crippen LogP contribution in [0.2, 0.25) is 0 Å². The number of amides is 2. The van der Waals surface area contributed by atoms with Gasteiger partial charge in [-0.2, -0.15) is 0 Å². The summed E-state index contributed by atoms with van der Waals surface area (Å²) in [6.45, 7) is 5.09. The van der Waals surface area contributed by atoms with Gasteiger partial charge in [0.1, 0.15) is 5.69 Å². The van der Waals surface area contributed by atoms with Crippen LogP contribution < -0.4 is 0 Å². The van der Waals surface area contributed by atoms with Gasteiger partial charge in [-0.15, -0.1) is 0 Å². The summed E-state index contributed by atoms with van der Waals surface area (Å²) < 4.78 is 5.08. The normalized spacial score (nSPS) is 27.2. The van der Waals surface area contributed by atoms with Crippen LogP contribution in [0.5, 0.6) is 0 Å². The average molecular weight is 317 g/mol. The second kappa shape index (κ2) is 6.28. The van der Waals surface area contributed by atoms with Crippen molar-refractivity contribution in [2.45, 2.75) is 13.3 Å². The Kier molecular flexibility index (Phi) is 4.35. The summed E-state index contributed by atoms with van der Waals surface area (Å²) in [6, 6.07) is 5.32. The van der Waals surface area contributed by atoms with Crippen molar-refractivity contribution >= 4 is 11.8 Å². The van der Waals surface area contributed by atoms with Gasteiger partial charge in [0, 0.05) is 39.5 Å². The second-order valence-electron chi connectivity index (χ2n) is 6.49. The molecule has 1 aromatic heterocycles. The molecule has 2 amide bonds. The summed E-state index contributed by atoms with van der Waals surface area (Å²) >= 11 is 0. The van der Waals surface area contributed by atoms with E-state index in [4.69, 9.17) is 4.74 Å². The molecule has 124 valence electrons. The number of hydrogen-bond donors (Lipinski definition) is 0. The van der Waals surface area contributed by atoms with E-state index in [1.54, 1.807) is 30.3 Å². The van der Waals surface area contributed by atoms with E-state index >= 15 is 0 Å². The van der Waals surface area contributed by atoms with Gasteiger partial charge in [0.15, 0.2) is 0 Å². The molecule has 1 spiro atoms. The Bertz CT molecular complexity index is 592. The first-order valence-electron chi connectivity index (χ1n) is 8.07. The molecule has 2 fully saturated rings. The summed E-state index contributed by atoms with van der Waals surface area (Å²) in [6.07, 6.45) is 2.43. The summed E-state index contributed by atoms with van der Waals surface area (Å²) in [7, 11) is 1.64. The van der Waals surface area contributed by atoms with Crippen LogP contribution in [0.15, 0.2) is 24.4 Å². The van der Waals surface area contributed by atoms with E-state index in [1.807, 2.05) is 11.0 Å². The molecule has 3 rings (SSSR count). The smallest absolute Gasteiger partial charge is 0.272 e. The lowest BCUT2D eigenvalue weighted by Crippen LogP contribution is -2.41. The molecule has 0 aliphatic carbocycles. The Balaban J connectivity index is 1.74. The van der Waals surface area contributed by atoms with Gasteiger partial charge in [0.25, 0.3) is 5.91 Å². The van der Waals surface area contributed by atoms with Crippen LogP contribution in [-0.2, 0) is 9.53 Å². The summed E-state index contributed by atoms with van der Waals surface area (Å²) in [5, 5.41) is 0.